The van der Waals surface area contributed by atoms with Crippen LogP contribution in [0.25, 0.3) is 0 Å². The quantitative estimate of drug-likeness (QED) is 0.658. The van der Waals surface area contributed by atoms with Gasteiger partial charge in [-0.1, -0.05) is 12.1 Å². The van der Waals surface area contributed by atoms with E-state index in [2.05, 4.69) is 12.1 Å². The molecular formula is C14H20O2. The minimum atomic E-state index is 0.284. The molecule has 2 nitrogen and oxygen atoms in total. The maximum absolute atomic E-state index is 10.8. The number of ketones is 1. The number of Topliss-reactive ketones (excluding diaryl/α,β-unsaturated/α-hetero) is 1. The molecule has 0 saturated heterocycles. The van der Waals surface area contributed by atoms with Crippen LogP contribution in [0.15, 0.2) is 24.3 Å². The fourth-order valence-corrected chi connectivity index (χ4v) is 1.62. The zero-order valence-corrected chi connectivity index (χ0v) is 10.2. The second-order valence-corrected chi connectivity index (χ2v) is 3.99. The van der Waals surface area contributed by atoms with Gasteiger partial charge in [0.15, 0.2) is 0 Å². The summed E-state index contributed by atoms with van der Waals surface area (Å²) in [7, 11) is 0. The van der Waals surface area contributed by atoms with Crippen LogP contribution >= 0.6 is 0 Å². The van der Waals surface area contributed by atoms with Crippen molar-refractivity contribution >= 4 is 5.78 Å². The van der Waals surface area contributed by atoms with Crippen molar-refractivity contribution in [3.05, 3.63) is 29.8 Å². The molecule has 0 heterocycles. The van der Waals surface area contributed by atoms with Gasteiger partial charge in [-0.15, -0.1) is 0 Å². The Morgan fingerprint density at radius 2 is 1.88 bits per heavy atom. The highest BCUT2D eigenvalue weighted by Gasteiger charge is 1.97. The van der Waals surface area contributed by atoms with Crippen molar-refractivity contribution in [2.24, 2.45) is 0 Å². The van der Waals surface area contributed by atoms with Crippen LogP contribution < -0.4 is 4.74 Å². The molecule has 2 heteroatoms. The molecule has 0 aliphatic heterocycles. The molecule has 0 bridgehead atoms. The zero-order chi connectivity index (χ0) is 11.8. The van der Waals surface area contributed by atoms with Gasteiger partial charge < -0.3 is 9.53 Å². The van der Waals surface area contributed by atoms with Gasteiger partial charge in [-0.25, -0.2) is 0 Å². The van der Waals surface area contributed by atoms with Crippen molar-refractivity contribution in [3.63, 3.8) is 0 Å². The van der Waals surface area contributed by atoms with E-state index < -0.39 is 0 Å². The number of carbonyl (C=O) groups is 1. The second kappa shape index (κ2) is 7.04. The predicted octanol–water partition coefficient (Wildman–Crippen LogP) is 3.39. The van der Waals surface area contributed by atoms with Crippen LogP contribution in [-0.4, -0.2) is 12.4 Å². The summed E-state index contributed by atoms with van der Waals surface area (Å²) in [5, 5.41) is 0. The molecule has 0 N–H and O–H groups in total. The number of rotatable bonds is 7. The van der Waals surface area contributed by atoms with Crippen LogP contribution in [0, 0.1) is 0 Å². The highest BCUT2D eigenvalue weighted by Crippen LogP contribution is 2.14. The number of hydrogen-bond donors (Lipinski definition) is 0. The first-order valence-corrected chi connectivity index (χ1v) is 5.93. The predicted molar refractivity (Wildman–Crippen MR) is 65.8 cm³/mol. The van der Waals surface area contributed by atoms with Crippen molar-refractivity contribution in [2.75, 3.05) is 6.61 Å². The van der Waals surface area contributed by atoms with Crippen molar-refractivity contribution in [2.45, 2.75) is 39.5 Å². The Balaban J connectivity index is 2.29. The van der Waals surface area contributed by atoms with Gasteiger partial charge >= 0.3 is 0 Å². The molecule has 0 aliphatic carbocycles. The summed E-state index contributed by atoms with van der Waals surface area (Å²) in [6.45, 7) is 4.34. The lowest BCUT2D eigenvalue weighted by Crippen LogP contribution is -1.93. The minimum absolute atomic E-state index is 0.284. The van der Waals surface area contributed by atoms with E-state index >= 15 is 0 Å². The van der Waals surface area contributed by atoms with E-state index in [-0.39, 0.29) is 5.78 Å². The lowest BCUT2D eigenvalue weighted by atomic mass is 10.1. The van der Waals surface area contributed by atoms with Crippen molar-refractivity contribution in [3.8, 4) is 5.75 Å². The van der Waals surface area contributed by atoms with E-state index in [9.17, 15) is 4.79 Å². The zero-order valence-electron chi connectivity index (χ0n) is 10.2. The van der Waals surface area contributed by atoms with Crippen molar-refractivity contribution in [1.29, 1.82) is 0 Å². The smallest absolute Gasteiger partial charge is 0.129 e. The van der Waals surface area contributed by atoms with Gasteiger partial charge in [0.05, 0.1) is 6.61 Å². The first kappa shape index (κ1) is 12.8. The summed E-state index contributed by atoms with van der Waals surface area (Å²) < 4.78 is 5.37. The van der Waals surface area contributed by atoms with E-state index in [0.29, 0.717) is 13.0 Å². The lowest BCUT2D eigenvalue weighted by Gasteiger charge is -2.04. The fraction of sp³-hybridized carbons (Fsp3) is 0.500. The Morgan fingerprint density at radius 1 is 1.19 bits per heavy atom. The minimum Gasteiger partial charge on any atom is -0.494 e. The summed E-state index contributed by atoms with van der Waals surface area (Å²) in [6, 6.07) is 8.20. The average molecular weight is 220 g/mol. The maximum atomic E-state index is 10.8. The van der Waals surface area contributed by atoms with Gasteiger partial charge in [0, 0.05) is 6.42 Å². The molecule has 0 atom stereocenters. The van der Waals surface area contributed by atoms with Crippen molar-refractivity contribution in [1.82, 2.24) is 0 Å². The Labute approximate surface area is 97.6 Å². The third kappa shape index (κ3) is 4.96. The van der Waals surface area contributed by atoms with Gasteiger partial charge in [0.1, 0.15) is 11.5 Å². The third-order valence-corrected chi connectivity index (χ3v) is 2.48. The van der Waals surface area contributed by atoms with Crippen LogP contribution in [-0.2, 0) is 11.2 Å². The topological polar surface area (TPSA) is 26.3 Å². The molecule has 0 amide bonds. The maximum Gasteiger partial charge on any atom is 0.129 e. The van der Waals surface area contributed by atoms with Gasteiger partial charge in [0.25, 0.3) is 0 Å². The summed E-state index contributed by atoms with van der Waals surface area (Å²) >= 11 is 0. The fourth-order valence-electron chi connectivity index (χ4n) is 1.62. The Kier molecular flexibility index (Phi) is 5.62. The largest absolute Gasteiger partial charge is 0.494 e. The van der Waals surface area contributed by atoms with Gasteiger partial charge in [-0.05, 0) is 50.8 Å². The molecule has 0 spiro atoms. The van der Waals surface area contributed by atoms with E-state index in [1.54, 1.807) is 6.92 Å². The van der Waals surface area contributed by atoms with Crippen LogP contribution in [0.3, 0.4) is 0 Å². The highest BCUT2D eigenvalue weighted by atomic mass is 16.5. The summed E-state index contributed by atoms with van der Waals surface area (Å²) in [4.78, 5) is 10.8. The molecule has 0 unspecified atom stereocenters. The second-order valence-electron chi connectivity index (χ2n) is 3.99. The molecule has 0 aliphatic rings. The molecule has 0 aromatic heterocycles. The van der Waals surface area contributed by atoms with Crippen LogP contribution in [0.2, 0.25) is 0 Å². The Morgan fingerprint density at radius 3 is 2.44 bits per heavy atom. The first-order valence-electron chi connectivity index (χ1n) is 5.93. The van der Waals surface area contributed by atoms with E-state index in [0.717, 1.165) is 25.0 Å². The molecule has 1 aromatic rings. The number of ether oxygens (including phenoxy) is 1. The molecular weight excluding hydrogens is 200 g/mol. The third-order valence-electron chi connectivity index (χ3n) is 2.48. The molecule has 0 fully saturated rings. The van der Waals surface area contributed by atoms with Crippen LogP contribution in [0.1, 0.15) is 38.7 Å². The van der Waals surface area contributed by atoms with Gasteiger partial charge in [-0.2, -0.15) is 0 Å². The molecule has 0 radical (unpaired) electrons. The number of aryl methyl sites for hydroxylation is 1. The van der Waals surface area contributed by atoms with Crippen LogP contribution in [0.4, 0.5) is 0 Å². The SMILES string of the molecule is CCOc1ccc(CCCCC(C)=O)cc1. The van der Waals surface area contributed by atoms with E-state index in [1.807, 2.05) is 19.1 Å². The molecule has 16 heavy (non-hydrogen) atoms. The standard InChI is InChI=1S/C14H20O2/c1-3-16-14-10-8-13(9-11-14)7-5-4-6-12(2)15/h8-11H,3-7H2,1-2H3. The Hall–Kier alpha value is -1.31. The average Bonchev–Trinajstić information content (AvgIpc) is 2.27. The van der Waals surface area contributed by atoms with Gasteiger partial charge in [0.2, 0.25) is 0 Å². The van der Waals surface area contributed by atoms with Gasteiger partial charge in [-0.3, -0.25) is 0 Å². The molecule has 1 aromatic carbocycles. The first-order chi connectivity index (χ1) is 7.72. The number of unbranched alkanes of at least 4 members (excludes halogenated alkanes) is 1. The summed E-state index contributed by atoms with van der Waals surface area (Å²) in [5.74, 6) is 1.21. The lowest BCUT2D eigenvalue weighted by molar-refractivity contribution is -0.117. The van der Waals surface area contributed by atoms with Crippen LogP contribution in [0.5, 0.6) is 5.75 Å². The Bertz CT molecular complexity index is 314. The summed E-state index contributed by atoms with van der Waals surface area (Å²) in [6.07, 6.45) is 3.81. The molecule has 88 valence electrons. The number of benzene rings is 1. The van der Waals surface area contributed by atoms with E-state index in [4.69, 9.17) is 4.74 Å². The normalized spacial score (nSPS) is 10.1. The number of hydrogen-bond acceptors (Lipinski definition) is 2. The number of carbonyl (C=O) groups excluding carboxylic acids is 1. The van der Waals surface area contributed by atoms with E-state index in [1.165, 1.54) is 5.56 Å². The summed E-state index contributed by atoms with van der Waals surface area (Å²) in [5.41, 5.74) is 1.31. The van der Waals surface area contributed by atoms with Crippen molar-refractivity contribution < 1.29 is 9.53 Å². The highest BCUT2D eigenvalue weighted by molar-refractivity contribution is 5.75. The molecule has 0 saturated carbocycles. The monoisotopic (exact) mass is 220 g/mol. The molecule has 1 rings (SSSR count).